The Labute approximate surface area is 480 Å². The minimum Gasteiger partial charge on any atom is -0.311 e. The first-order chi connectivity index (χ1) is 36.9. The fourth-order valence-electron chi connectivity index (χ4n) is 16.0. The van der Waals surface area contributed by atoms with Crippen LogP contribution in [0.5, 0.6) is 0 Å². The second kappa shape index (κ2) is 17.0. The average Bonchev–Trinajstić information content (AvgIpc) is 2.60. The van der Waals surface area contributed by atoms with E-state index < -0.39 is 0 Å². The number of fused-ring (bicyclic) bond motifs is 9. The predicted octanol–water partition coefficient (Wildman–Crippen LogP) is 19.3. The molecule has 79 heavy (non-hydrogen) atoms. The number of benzene rings is 6. The highest BCUT2D eigenvalue weighted by Crippen LogP contribution is 2.60. The van der Waals surface area contributed by atoms with Gasteiger partial charge in [-0.3, -0.25) is 0 Å². The summed E-state index contributed by atoms with van der Waals surface area (Å²) in [5.41, 5.74) is 27.8. The lowest BCUT2D eigenvalue weighted by Gasteiger charge is -2.48. The van der Waals surface area contributed by atoms with Crippen LogP contribution in [-0.2, 0) is 43.3 Å². The summed E-state index contributed by atoms with van der Waals surface area (Å²) < 4.78 is 1.52. The quantitative estimate of drug-likeness (QED) is 0.159. The molecule has 2 aliphatic heterocycles. The minimum absolute atomic E-state index is 0.0204. The monoisotopic (exact) mass is 1060 g/mol. The van der Waals surface area contributed by atoms with E-state index in [2.05, 4.69) is 260 Å². The van der Waals surface area contributed by atoms with E-state index in [4.69, 9.17) is 0 Å². The van der Waals surface area contributed by atoms with Gasteiger partial charge in [0.15, 0.2) is 0 Å². The number of hydrogen-bond donors (Lipinski definition) is 0. The molecule has 4 aliphatic carbocycles. The number of aryl methyl sites for hydroxylation is 2. The molecule has 0 spiro atoms. The van der Waals surface area contributed by atoms with E-state index in [0.29, 0.717) is 0 Å². The molecule has 6 aromatic carbocycles. The standard InChI is InChI=1S/C74H88BN3S/c1-45-23-19-21-25-57(45)77(58-26-22-20-24-46(58)2)49-41-60-63-61(42-49)78(48-28-30-51-53(40-48)70(9,10)34-32-68(51,5)6)64-62-65(74(17,18)38-37-73(62,15)16)79-66(64)75(63)56-43-54-55(72(13,14)36-35-71(54,11)12)44-59(56)76(60)47-27-29-50-52(39-47)69(7,8)33-31-67(50,3)4/h19-30,39-44H,31-38H2,1-18H3. The van der Waals surface area contributed by atoms with Gasteiger partial charge in [-0.15, -0.1) is 0 Å². The number of hydrogen-bond acceptors (Lipinski definition) is 4. The van der Waals surface area contributed by atoms with Crippen molar-refractivity contribution in [2.24, 2.45) is 0 Å². The van der Waals surface area contributed by atoms with Crippen molar-refractivity contribution in [1.29, 1.82) is 0 Å². The van der Waals surface area contributed by atoms with Crippen LogP contribution in [0.3, 0.4) is 0 Å². The normalized spacial score (nSPS) is 21.4. The van der Waals surface area contributed by atoms with E-state index in [0.717, 1.165) is 6.42 Å². The molecule has 0 unspecified atom stereocenters. The van der Waals surface area contributed by atoms with E-state index in [1.54, 1.807) is 10.4 Å². The van der Waals surface area contributed by atoms with Crippen molar-refractivity contribution in [3.05, 3.63) is 164 Å². The van der Waals surface area contributed by atoms with Gasteiger partial charge in [-0.25, -0.2) is 0 Å². The van der Waals surface area contributed by atoms with Crippen molar-refractivity contribution in [2.45, 2.75) is 219 Å². The molecule has 0 bridgehead atoms. The van der Waals surface area contributed by atoms with Crippen LogP contribution in [0.25, 0.3) is 0 Å². The molecule has 1 aromatic heterocycles. The first-order valence-corrected chi connectivity index (χ1v) is 31.1. The highest BCUT2D eigenvalue weighted by Gasteiger charge is 2.53. The van der Waals surface area contributed by atoms with Gasteiger partial charge in [-0.05, 0) is 224 Å². The van der Waals surface area contributed by atoms with Gasteiger partial charge in [-0.1, -0.05) is 165 Å². The van der Waals surface area contributed by atoms with Gasteiger partial charge in [0.05, 0.1) is 11.4 Å². The van der Waals surface area contributed by atoms with Gasteiger partial charge in [0.2, 0.25) is 0 Å². The first-order valence-electron chi connectivity index (χ1n) is 30.3. The summed E-state index contributed by atoms with van der Waals surface area (Å²) >= 11 is 2.17. The molecule has 408 valence electrons. The Hall–Kier alpha value is -5.52. The molecule has 0 fully saturated rings. The van der Waals surface area contributed by atoms with Crippen LogP contribution in [0.4, 0.5) is 51.2 Å². The molecule has 0 saturated heterocycles. The van der Waals surface area contributed by atoms with E-state index in [-0.39, 0.29) is 50.0 Å². The molecule has 5 heteroatoms. The van der Waals surface area contributed by atoms with Crippen molar-refractivity contribution in [3.8, 4) is 0 Å². The number of thiophene rings is 1. The molecule has 0 atom stereocenters. The van der Waals surface area contributed by atoms with Crippen molar-refractivity contribution in [3.63, 3.8) is 0 Å². The van der Waals surface area contributed by atoms with Gasteiger partial charge in [0.1, 0.15) is 0 Å². The fourth-order valence-corrected chi connectivity index (χ4v) is 17.7. The summed E-state index contributed by atoms with van der Waals surface area (Å²) in [5.74, 6) is 0. The highest BCUT2D eigenvalue weighted by molar-refractivity contribution is 7.29. The third-order valence-corrected chi connectivity index (χ3v) is 23.3. The zero-order chi connectivity index (χ0) is 56.1. The molecule has 7 aromatic rings. The van der Waals surface area contributed by atoms with Crippen molar-refractivity contribution in [1.82, 2.24) is 0 Å². The van der Waals surface area contributed by atoms with Crippen LogP contribution in [0.1, 0.15) is 217 Å². The topological polar surface area (TPSA) is 9.72 Å². The summed E-state index contributed by atoms with van der Waals surface area (Å²) in [7, 11) is 0. The maximum atomic E-state index is 2.84. The summed E-state index contributed by atoms with van der Waals surface area (Å²) in [6, 6.07) is 44.3. The van der Waals surface area contributed by atoms with Gasteiger partial charge in [-0.2, -0.15) is 11.3 Å². The van der Waals surface area contributed by atoms with Crippen LogP contribution in [0, 0.1) is 13.8 Å². The van der Waals surface area contributed by atoms with Crippen LogP contribution in [0.2, 0.25) is 0 Å². The minimum atomic E-state index is -0.0377. The average molecular weight is 1060 g/mol. The Balaban J connectivity index is 1.23. The zero-order valence-corrected chi connectivity index (χ0v) is 52.2. The maximum Gasteiger partial charge on any atom is 0.264 e. The Morgan fingerprint density at radius 1 is 0.405 bits per heavy atom. The Morgan fingerprint density at radius 2 is 0.810 bits per heavy atom. The molecule has 6 aliphatic rings. The SMILES string of the molecule is Cc1ccccc1N(c1cc2c3c(c1)N(c1ccc4c(c1)C(C)(C)CCC4(C)C)c1c(sc4c1C(C)(C)CCC4(C)C)B3c1cc3c(cc1N2c1ccc2c(c1)C(C)(C)CCC2(C)C)C(C)(C)CCC3(C)C)c1ccccc1C. The number of nitrogens with zero attached hydrogens (tertiary/aromatic N) is 3. The van der Waals surface area contributed by atoms with Crippen LogP contribution in [0.15, 0.2) is 109 Å². The van der Waals surface area contributed by atoms with E-state index in [9.17, 15) is 0 Å². The third-order valence-electron chi connectivity index (χ3n) is 21.7. The van der Waals surface area contributed by atoms with Gasteiger partial charge < -0.3 is 14.7 Å². The Kier molecular flexibility index (Phi) is 11.4. The summed E-state index contributed by atoms with van der Waals surface area (Å²) in [6.07, 6.45) is 9.39. The van der Waals surface area contributed by atoms with E-state index >= 15 is 0 Å². The lowest BCUT2D eigenvalue weighted by atomic mass is 9.35. The van der Waals surface area contributed by atoms with Gasteiger partial charge in [0.25, 0.3) is 6.71 Å². The molecule has 0 amide bonds. The third kappa shape index (κ3) is 7.83. The first kappa shape index (κ1) is 52.8. The number of para-hydroxylation sites is 2. The second-order valence-corrected chi connectivity index (χ2v) is 32.0. The lowest BCUT2D eigenvalue weighted by molar-refractivity contribution is 0.332. The van der Waals surface area contributed by atoms with E-state index in [1.807, 2.05) is 0 Å². The van der Waals surface area contributed by atoms with E-state index in [1.165, 1.54) is 156 Å². The van der Waals surface area contributed by atoms with Crippen molar-refractivity contribution in [2.75, 3.05) is 14.7 Å². The Bertz CT molecular complexity index is 3660. The van der Waals surface area contributed by atoms with Crippen molar-refractivity contribution < 1.29 is 0 Å². The van der Waals surface area contributed by atoms with Crippen molar-refractivity contribution >= 4 is 84.9 Å². The van der Waals surface area contributed by atoms with Gasteiger partial charge >= 0.3 is 0 Å². The predicted molar refractivity (Wildman–Crippen MR) is 344 cm³/mol. The zero-order valence-electron chi connectivity index (χ0n) is 51.4. The summed E-state index contributed by atoms with van der Waals surface area (Å²) in [6.45, 7) is 44.8. The maximum absolute atomic E-state index is 2.84. The molecule has 3 nitrogen and oxygen atoms in total. The number of anilines is 9. The molecule has 0 N–H and O–H groups in total. The second-order valence-electron chi connectivity index (χ2n) is 30.9. The van der Waals surface area contributed by atoms with Crippen LogP contribution in [-0.4, -0.2) is 6.71 Å². The van der Waals surface area contributed by atoms with Gasteiger partial charge in [0, 0.05) is 49.5 Å². The molecule has 3 heterocycles. The van der Waals surface area contributed by atoms with Crippen LogP contribution < -0.4 is 30.4 Å². The molecule has 13 rings (SSSR count). The van der Waals surface area contributed by atoms with Crippen LogP contribution >= 0.6 is 11.3 Å². The summed E-state index contributed by atoms with van der Waals surface area (Å²) in [5, 5.41) is 0. The molecular formula is C74H88BN3S. The largest absolute Gasteiger partial charge is 0.311 e. The highest BCUT2D eigenvalue weighted by atomic mass is 32.1. The smallest absolute Gasteiger partial charge is 0.264 e. The molecule has 0 radical (unpaired) electrons. The fraction of sp³-hybridized carbons (Fsp3) is 0.459. The molecule has 0 saturated carbocycles. The number of rotatable bonds is 5. The molecular weight excluding hydrogens is 974 g/mol. The summed E-state index contributed by atoms with van der Waals surface area (Å²) in [4.78, 5) is 9.80. The lowest BCUT2D eigenvalue weighted by Crippen LogP contribution is -2.61. The Morgan fingerprint density at radius 3 is 1.30 bits per heavy atom.